The molecule has 0 fully saturated rings. The van der Waals surface area contributed by atoms with E-state index < -0.39 is 0 Å². The maximum absolute atomic E-state index is 9.60. The number of hydrogen-bond acceptors (Lipinski definition) is 6. The lowest BCUT2D eigenvalue weighted by molar-refractivity contribution is 0.415. The smallest absolute Gasteiger partial charge is 0.136 e. The van der Waals surface area contributed by atoms with Gasteiger partial charge in [0, 0.05) is 22.8 Å². The van der Waals surface area contributed by atoms with Crippen LogP contribution < -0.4 is 14.8 Å². The fourth-order valence-corrected chi connectivity index (χ4v) is 3.65. The normalized spacial score (nSPS) is 10.9. The minimum absolute atomic E-state index is 0.462. The largest absolute Gasteiger partial charge is 0.497 e. The maximum atomic E-state index is 9.60. The molecular formula is C25H19N3O2S. The number of ether oxygens (including phenoxy) is 2. The van der Waals surface area contributed by atoms with Gasteiger partial charge in [0.2, 0.25) is 0 Å². The van der Waals surface area contributed by atoms with Crippen molar-refractivity contribution in [3.05, 3.63) is 95.5 Å². The van der Waals surface area contributed by atoms with Gasteiger partial charge >= 0.3 is 0 Å². The van der Waals surface area contributed by atoms with Crippen molar-refractivity contribution in [2.45, 2.75) is 0 Å². The van der Waals surface area contributed by atoms with Crippen molar-refractivity contribution in [3.63, 3.8) is 0 Å². The van der Waals surface area contributed by atoms with Crippen LogP contribution in [0.3, 0.4) is 0 Å². The summed E-state index contributed by atoms with van der Waals surface area (Å²) in [4.78, 5) is 4.61. The lowest BCUT2D eigenvalue weighted by atomic mass is 10.1. The molecule has 0 radical (unpaired) electrons. The van der Waals surface area contributed by atoms with Crippen molar-refractivity contribution >= 4 is 22.6 Å². The summed E-state index contributed by atoms with van der Waals surface area (Å²) in [5.41, 5.74) is 3.06. The summed E-state index contributed by atoms with van der Waals surface area (Å²) in [6.45, 7) is 0. The van der Waals surface area contributed by atoms with E-state index >= 15 is 0 Å². The van der Waals surface area contributed by atoms with E-state index in [1.54, 1.807) is 13.3 Å². The summed E-state index contributed by atoms with van der Waals surface area (Å²) in [5.74, 6) is 2.29. The molecule has 0 atom stereocenters. The molecule has 0 amide bonds. The van der Waals surface area contributed by atoms with Crippen LogP contribution in [0.1, 0.15) is 5.01 Å². The highest BCUT2D eigenvalue weighted by atomic mass is 32.1. The molecule has 0 saturated carbocycles. The molecule has 0 saturated heterocycles. The van der Waals surface area contributed by atoms with Crippen molar-refractivity contribution in [2.24, 2.45) is 0 Å². The lowest BCUT2D eigenvalue weighted by Crippen LogP contribution is -1.91. The highest BCUT2D eigenvalue weighted by Gasteiger charge is 2.09. The summed E-state index contributed by atoms with van der Waals surface area (Å²) in [6.07, 6.45) is 1.67. The van der Waals surface area contributed by atoms with Gasteiger partial charge < -0.3 is 14.8 Å². The van der Waals surface area contributed by atoms with Crippen LogP contribution in [0.4, 0.5) is 5.69 Å². The Labute approximate surface area is 184 Å². The first kappa shape index (κ1) is 20.2. The molecule has 1 N–H and O–H groups in total. The molecule has 3 aromatic carbocycles. The van der Waals surface area contributed by atoms with Gasteiger partial charge in [-0.25, -0.2) is 4.98 Å². The lowest BCUT2D eigenvalue weighted by Gasteiger charge is -2.07. The zero-order valence-electron chi connectivity index (χ0n) is 16.8. The monoisotopic (exact) mass is 425 g/mol. The Bertz CT molecular complexity index is 1230. The van der Waals surface area contributed by atoms with Crippen molar-refractivity contribution in [2.75, 3.05) is 12.4 Å². The molecule has 0 unspecified atom stereocenters. The van der Waals surface area contributed by atoms with Crippen LogP contribution in [-0.2, 0) is 0 Å². The number of para-hydroxylation sites is 1. The van der Waals surface area contributed by atoms with E-state index in [9.17, 15) is 5.26 Å². The molecule has 1 aromatic heterocycles. The molecule has 0 spiro atoms. The van der Waals surface area contributed by atoms with E-state index in [-0.39, 0.29) is 0 Å². The molecule has 152 valence electrons. The zero-order chi connectivity index (χ0) is 21.5. The molecule has 0 aliphatic heterocycles. The van der Waals surface area contributed by atoms with Crippen LogP contribution in [0.25, 0.3) is 16.8 Å². The third kappa shape index (κ3) is 5.10. The first-order valence-corrected chi connectivity index (χ1v) is 10.4. The summed E-state index contributed by atoms with van der Waals surface area (Å²) < 4.78 is 11.1. The Hall–Kier alpha value is -4.08. The van der Waals surface area contributed by atoms with Crippen LogP contribution in [0.15, 0.2) is 90.4 Å². The molecular weight excluding hydrogens is 406 g/mol. The number of methoxy groups -OCH3 is 1. The van der Waals surface area contributed by atoms with Gasteiger partial charge in [0.05, 0.1) is 12.8 Å². The number of anilines is 1. The third-order valence-corrected chi connectivity index (χ3v) is 5.31. The highest BCUT2D eigenvalue weighted by molar-refractivity contribution is 7.11. The number of hydrogen-bond donors (Lipinski definition) is 1. The van der Waals surface area contributed by atoms with Gasteiger partial charge in [-0.05, 0) is 48.5 Å². The highest BCUT2D eigenvalue weighted by Crippen LogP contribution is 2.28. The molecule has 4 rings (SSSR count). The minimum atomic E-state index is 0.462. The number of rotatable bonds is 7. The average molecular weight is 426 g/mol. The molecule has 6 heteroatoms. The van der Waals surface area contributed by atoms with E-state index in [2.05, 4.69) is 16.4 Å². The van der Waals surface area contributed by atoms with E-state index in [0.29, 0.717) is 10.6 Å². The summed E-state index contributed by atoms with van der Waals surface area (Å²) in [6, 6.07) is 27.1. The van der Waals surface area contributed by atoms with Crippen LogP contribution in [0, 0.1) is 11.3 Å². The SMILES string of the molecule is COc1cccc(-c2csc(/C(C#N)=C/Nc3ccc(Oc4ccccc4)cc3)n2)c1. The fraction of sp³-hybridized carbons (Fsp3) is 0.0400. The standard InChI is InChI=1S/C25H19N3O2S/c1-29-23-9-5-6-18(14-23)24-17-31-25(28-24)19(15-26)16-27-20-10-12-22(13-11-20)30-21-7-3-2-4-8-21/h2-14,16-17,27H,1H3/b19-16+. The topological polar surface area (TPSA) is 67.2 Å². The van der Waals surface area contributed by atoms with E-state index in [1.165, 1.54) is 11.3 Å². The van der Waals surface area contributed by atoms with Crippen molar-refractivity contribution in [1.82, 2.24) is 4.98 Å². The van der Waals surface area contributed by atoms with Crippen LogP contribution >= 0.6 is 11.3 Å². The number of thiazole rings is 1. The summed E-state index contributed by atoms with van der Waals surface area (Å²) >= 11 is 1.43. The minimum Gasteiger partial charge on any atom is -0.497 e. The van der Waals surface area contributed by atoms with E-state index in [0.717, 1.165) is 34.2 Å². The summed E-state index contributed by atoms with van der Waals surface area (Å²) in [7, 11) is 1.63. The molecule has 0 aliphatic carbocycles. The maximum Gasteiger partial charge on any atom is 0.136 e. The Kier molecular flexibility index (Phi) is 6.26. The molecule has 4 aromatic rings. The van der Waals surface area contributed by atoms with Gasteiger partial charge in [0.1, 0.15) is 33.9 Å². The second-order valence-electron chi connectivity index (χ2n) is 6.52. The Morgan fingerprint density at radius 3 is 2.45 bits per heavy atom. The number of benzene rings is 3. The van der Waals surface area contributed by atoms with Crippen molar-refractivity contribution < 1.29 is 9.47 Å². The van der Waals surface area contributed by atoms with Gasteiger partial charge in [-0.15, -0.1) is 11.3 Å². The van der Waals surface area contributed by atoms with Crippen molar-refractivity contribution in [3.8, 4) is 34.6 Å². The van der Waals surface area contributed by atoms with Gasteiger partial charge in [-0.1, -0.05) is 30.3 Å². The second-order valence-corrected chi connectivity index (χ2v) is 7.38. The van der Waals surface area contributed by atoms with Gasteiger partial charge in [0.25, 0.3) is 0 Å². The Morgan fingerprint density at radius 1 is 0.968 bits per heavy atom. The quantitative estimate of drug-likeness (QED) is 0.338. The third-order valence-electron chi connectivity index (χ3n) is 4.44. The van der Waals surface area contributed by atoms with Gasteiger partial charge in [0.15, 0.2) is 0 Å². The second kappa shape index (κ2) is 9.61. The molecule has 0 aliphatic rings. The van der Waals surface area contributed by atoms with Crippen LogP contribution in [0.2, 0.25) is 0 Å². The predicted octanol–water partition coefficient (Wildman–Crippen LogP) is 6.59. The van der Waals surface area contributed by atoms with Gasteiger partial charge in [-0.2, -0.15) is 5.26 Å². The Morgan fingerprint density at radius 2 is 1.71 bits per heavy atom. The number of nitrogens with zero attached hydrogens (tertiary/aromatic N) is 2. The van der Waals surface area contributed by atoms with Gasteiger partial charge in [-0.3, -0.25) is 0 Å². The van der Waals surface area contributed by atoms with E-state index in [4.69, 9.17) is 9.47 Å². The fourth-order valence-electron chi connectivity index (χ4n) is 2.85. The number of aromatic nitrogens is 1. The summed E-state index contributed by atoms with van der Waals surface area (Å²) in [5, 5.41) is 15.3. The van der Waals surface area contributed by atoms with Crippen LogP contribution in [-0.4, -0.2) is 12.1 Å². The Balaban J connectivity index is 1.45. The van der Waals surface area contributed by atoms with Crippen molar-refractivity contribution in [1.29, 1.82) is 5.26 Å². The predicted molar refractivity (Wildman–Crippen MR) is 124 cm³/mol. The number of nitriles is 1. The first-order chi connectivity index (χ1) is 15.2. The number of nitrogens with one attached hydrogen (secondary N) is 1. The van der Waals surface area contributed by atoms with Crippen LogP contribution in [0.5, 0.6) is 17.2 Å². The molecule has 1 heterocycles. The number of allylic oxidation sites excluding steroid dienone is 1. The van der Waals surface area contributed by atoms with E-state index in [1.807, 2.05) is 84.2 Å². The zero-order valence-corrected chi connectivity index (χ0v) is 17.6. The molecule has 31 heavy (non-hydrogen) atoms. The average Bonchev–Trinajstić information content (AvgIpc) is 3.31. The first-order valence-electron chi connectivity index (χ1n) is 9.55. The molecule has 5 nitrogen and oxygen atoms in total. The molecule has 0 bridgehead atoms.